The SMILES string of the molecule is Cc1ccc(-c2cc(F)c(O)c(F)c2)cc1. The summed E-state index contributed by atoms with van der Waals surface area (Å²) >= 11 is 0. The molecule has 0 amide bonds. The van der Waals surface area contributed by atoms with E-state index in [0.29, 0.717) is 11.1 Å². The molecule has 0 saturated heterocycles. The molecule has 0 spiro atoms. The van der Waals surface area contributed by atoms with E-state index < -0.39 is 17.4 Å². The van der Waals surface area contributed by atoms with E-state index in [1.54, 1.807) is 12.1 Å². The third-order valence-electron chi connectivity index (χ3n) is 2.40. The molecule has 3 heteroatoms. The Balaban J connectivity index is 2.52. The molecular weight excluding hydrogens is 210 g/mol. The van der Waals surface area contributed by atoms with Gasteiger partial charge in [-0.3, -0.25) is 0 Å². The highest BCUT2D eigenvalue weighted by atomic mass is 19.1. The first-order valence-electron chi connectivity index (χ1n) is 4.83. The smallest absolute Gasteiger partial charge is 0.187 e. The zero-order valence-corrected chi connectivity index (χ0v) is 8.67. The van der Waals surface area contributed by atoms with Crippen LogP contribution < -0.4 is 0 Å². The van der Waals surface area contributed by atoms with Crippen molar-refractivity contribution in [3.05, 3.63) is 53.6 Å². The minimum atomic E-state index is -0.949. The van der Waals surface area contributed by atoms with Gasteiger partial charge in [-0.15, -0.1) is 0 Å². The van der Waals surface area contributed by atoms with Crippen molar-refractivity contribution in [2.45, 2.75) is 6.92 Å². The molecule has 0 aromatic heterocycles. The first-order chi connectivity index (χ1) is 7.58. The molecule has 0 aliphatic heterocycles. The van der Waals surface area contributed by atoms with Crippen molar-refractivity contribution < 1.29 is 13.9 Å². The second-order valence-corrected chi connectivity index (χ2v) is 3.65. The van der Waals surface area contributed by atoms with Crippen LogP contribution in [0.1, 0.15) is 5.56 Å². The Morgan fingerprint density at radius 1 is 0.875 bits per heavy atom. The van der Waals surface area contributed by atoms with Crippen molar-refractivity contribution in [2.24, 2.45) is 0 Å². The zero-order chi connectivity index (χ0) is 11.7. The van der Waals surface area contributed by atoms with Gasteiger partial charge < -0.3 is 5.11 Å². The largest absolute Gasteiger partial charge is 0.503 e. The normalized spacial score (nSPS) is 10.4. The molecule has 0 bridgehead atoms. The highest BCUT2D eigenvalue weighted by Crippen LogP contribution is 2.27. The van der Waals surface area contributed by atoms with Gasteiger partial charge in [0.25, 0.3) is 0 Å². The molecular formula is C13H10F2O. The molecule has 1 N–H and O–H groups in total. The lowest BCUT2D eigenvalue weighted by Crippen LogP contribution is -1.86. The highest BCUT2D eigenvalue weighted by Gasteiger charge is 2.10. The minimum Gasteiger partial charge on any atom is -0.503 e. The van der Waals surface area contributed by atoms with Gasteiger partial charge in [0, 0.05) is 0 Å². The Kier molecular flexibility index (Phi) is 2.60. The third kappa shape index (κ3) is 1.89. The van der Waals surface area contributed by atoms with Crippen molar-refractivity contribution in [3.8, 4) is 16.9 Å². The number of hydrogen-bond donors (Lipinski definition) is 1. The van der Waals surface area contributed by atoms with E-state index in [1.807, 2.05) is 19.1 Å². The van der Waals surface area contributed by atoms with E-state index in [2.05, 4.69) is 0 Å². The Morgan fingerprint density at radius 2 is 1.38 bits per heavy atom. The fourth-order valence-corrected chi connectivity index (χ4v) is 1.48. The molecule has 2 rings (SSSR count). The Labute approximate surface area is 92.0 Å². The van der Waals surface area contributed by atoms with Gasteiger partial charge in [-0.2, -0.15) is 0 Å². The summed E-state index contributed by atoms with van der Waals surface area (Å²) in [5, 5.41) is 8.97. The molecule has 0 saturated carbocycles. The molecule has 0 unspecified atom stereocenters. The molecule has 0 radical (unpaired) electrons. The number of benzene rings is 2. The minimum absolute atomic E-state index is 0.410. The van der Waals surface area contributed by atoms with Gasteiger partial charge in [0.05, 0.1) is 0 Å². The molecule has 82 valence electrons. The number of halogens is 2. The second kappa shape index (κ2) is 3.93. The quantitative estimate of drug-likeness (QED) is 0.777. The third-order valence-corrected chi connectivity index (χ3v) is 2.40. The average Bonchev–Trinajstić information content (AvgIpc) is 2.26. The average molecular weight is 220 g/mol. The van der Waals surface area contributed by atoms with Crippen molar-refractivity contribution in [3.63, 3.8) is 0 Å². The summed E-state index contributed by atoms with van der Waals surface area (Å²) in [6.45, 7) is 1.93. The lowest BCUT2D eigenvalue weighted by Gasteiger charge is -2.04. The van der Waals surface area contributed by atoms with Crippen molar-refractivity contribution in [1.29, 1.82) is 0 Å². The summed E-state index contributed by atoms with van der Waals surface area (Å²) in [6, 6.07) is 9.50. The van der Waals surface area contributed by atoms with Crippen LogP contribution in [0.4, 0.5) is 8.78 Å². The predicted molar refractivity (Wildman–Crippen MR) is 58.2 cm³/mol. The molecule has 0 aliphatic rings. The van der Waals surface area contributed by atoms with Crippen LogP contribution in [0.5, 0.6) is 5.75 Å². The van der Waals surface area contributed by atoms with Crippen molar-refractivity contribution >= 4 is 0 Å². The maximum Gasteiger partial charge on any atom is 0.187 e. The monoisotopic (exact) mass is 220 g/mol. The van der Waals surface area contributed by atoms with E-state index in [9.17, 15) is 8.78 Å². The Morgan fingerprint density at radius 3 is 1.88 bits per heavy atom. The van der Waals surface area contributed by atoms with Gasteiger partial charge >= 0.3 is 0 Å². The molecule has 0 fully saturated rings. The predicted octanol–water partition coefficient (Wildman–Crippen LogP) is 3.65. The molecule has 16 heavy (non-hydrogen) atoms. The lowest BCUT2D eigenvalue weighted by molar-refractivity contribution is 0.396. The van der Waals surface area contributed by atoms with E-state index in [0.717, 1.165) is 17.7 Å². The second-order valence-electron chi connectivity index (χ2n) is 3.65. The molecule has 2 aromatic carbocycles. The summed E-state index contributed by atoms with van der Waals surface area (Å²) < 4.78 is 26.2. The van der Waals surface area contributed by atoms with Crippen LogP contribution in [0.15, 0.2) is 36.4 Å². The molecule has 1 nitrogen and oxygen atoms in total. The van der Waals surface area contributed by atoms with Gasteiger partial charge in [-0.1, -0.05) is 29.8 Å². The van der Waals surface area contributed by atoms with Crippen LogP contribution in [0.3, 0.4) is 0 Å². The van der Waals surface area contributed by atoms with Gasteiger partial charge in [0.15, 0.2) is 17.4 Å². The lowest BCUT2D eigenvalue weighted by atomic mass is 10.0. The molecule has 0 atom stereocenters. The van der Waals surface area contributed by atoms with E-state index in [1.165, 1.54) is 0 Å². The Hall–Kier alpha value is -1.90. The van der Waals surface area contributed by atoms with Gasteiger partial charge in [-0.05, 0) is 30.2 Å². The van der Waals surface area contributed by atoms with Gasteiger partial charge in [0.2, 0.25) is 0 Å². The van der Waals surface area contributed by atoms with E-state index in [-0.39, 0.29) is 0 Å². The fourth-order valence-electron chi connectivity index (χ4n) is 1.48. The Bertz CT molecular complexity index is 495. The number of aryl methyl sites for hydroxylation is 1. The van der Waals surface area contributed by atoms with Crippen LogP contribution in [-0.2, 0) is 0 Å². The first kappa shape index (κ1) is 10.6. The number of aromatic hydroxyl groups is 1. The highest BCUT2D eigenvalue weighted by molar-refractivity contribution is 5.64. The van der Waals surface area contributed by atoms with Crippen LogP contribution in [0.25, 0.3) is 11.1 Å². The van der Waals surface area contributed by atoms with E-state index in [4.69, 9.17) is 5.11 Å². The number of rotatable bonds is 1. The van der Waals surface area contributed by atoms with E-state index >= 15 is 0 Å². The summed E-state index contributed by atoms with van der Waals surface area (Å²) in [5.74, 6) is -2.83. The van der Waals surface area contributed by atoms with Crippen LogP contribution in [0.2, 0.25) is 0 Å². The van der Waals surface area contributed by atoms with Gasteiger partial charge in [0.1, 0.15) is 0 Å². The molecule has 0 heterocycles. The topological polar surface area (TPSA) is 20.2 Å². The fraction of sp³-hybridized carbons (Fsp3) is 0.0769. The number of hydrogen-bond acceptors (Lipinski definition) is 1. The summed E-state index contributed by atoms with van der Waals surface area (Å²) in [7, 11) is 0. The zero-order valence-electron chi connectivity index (χ0n) is 8.67. The molecule has 2 aromatic rings. The number of phenols is 1. The number of phenolic OH excluding ortho intramolecular Hbond substituents is 1. The van der Waals surface area contributed by atoms with Crippen molar-refractivity contribution in [2.75, 3.05) is 0 Å². The summed E-state index contributed by atoms with van der Waals surface area (Å²) in [4.78, 5) is 0. The van der Waals surface area contributed by atoms with Crippen LogP contribution in [0, 0.1) is 18.6 Å². The summed E-state index contributed by atoms with van der Waals surface area (Å²) in [6.07, 6.45) is 0. The van der Waals surface area contributed by atoms with Crippen LogP contribution >= 0.6 is 0 Å². The van der Waals surface area contributed by atoms with Crippen molar-refractivity contribution in [1.82, 2.24) is 0 Å². The summed E-state index contributed by atoms with van der Waals surface area (Å²) in [5.41, 5.74) is 2.19. The standard InChI is InChI=1S/C13H10F2O/c1-8-2-4-9(5-3-8)10-6-11(14)13(16)12(15)7-10/h2-7,16H,1H3. The van der Waals surface area contributed by atoms with Gasteiger partial charge in [-0.25, -0.2) is 8.78 Å². The molecule has 0 aliphatic carbocycles. The maximum absolute atomic E-state index is 13.1. The first-order valence-corrected chi connectivity index (χ1v) is 4.83. The maximum atomic E-state index is 13.1. The van der Waals surface area contributed by atoms with Crippen LogP contribution in [-0.4, -0.2) is 5.11 Å².